The highest BCUT2D eigenvalue weighted by atomic mass is 35.5. The van der Waals surface area contributed by atoms with E-state index in [9.17, 15) is 0 Å². The Labute approximate surface area is 163 Å². The van der Waals surface area contributed by atoms with Gasteiger partial charge in [0.05, 0.1) is 30.6 Å². The quantitative estimate of drug-likeness (QED) is 0.670. The minimum Gasteiger partial charge on any atom is -0.496 e. The molecule has 7 heteroatoms. The van der Waals surface area contributed by atoms with Crippen LogP contribution in [0.2, 0.25) is 5.02 Å². The van der Waals surface area contributed by atoms with Gasteiger partial charge in [0.15, 0.2) is 0 Å². The van der Waals surface area contributed by atoms with Gasteiger partial charge in [-0.15, -0.1) is 10.2 Å². The molecule has 0 saturated carbocycles. The van der Waals surface area contributed by atoms with Crippen LogP contribution in [0.25, 0.3) is 11.5 Å². The zero-order valence-electron chi connectivity index (χ0n) is 15.4. The fraction of sp³-hybridized carbons (Fsp3) is 0.300. The lowest BCUT2D eigenvalue weighted by molar-refractivity contribution is 0.413. The molecule has 0 N–H and O–H groups in total. The largest absolute Gasteiger partial charge is 0.496 e. The van der Waals surface area contributed by atoms with Crippen molar-refractivity contribution in [1.82, 2.24) is 10.2 Å². The number of hydrogen-bond acceptors (Lipinski definition) is 6. The molecule has 0 bridgehead atoms. The molecule has 0 aliphatic carbocycles. The van der Waals surface area contributed by atoms with Crippen molar-refractivity contribution in [3.8, 4) is 17.2 Å². The van der Waals surface area contributed by atoms with Gasteiger partial charge in [0.25, 0.3) is 5.89 Å². The maximum absolute atomic E-state index is 6.25. The molecule has 140 valence electrons. The lowest BCUT2D eigenvalue weighted by Gasteiger charge is -2.24. The zero-order valence-corrected chi connectivity index (χ0v) is 16.1. The number of anilines is 2. The Balaban J connectivity index is 1.63. The van der Waals surface area contributed by atoms with Crippen LogP contribution in [0, 0.1) is 0 Å². The van der Waals surface area contributed by atoms with E-state index in [1.807, 2.05) is 36.4 Å². The van der Waals surface area contributed by atoms with Crippen LogP contribution >= 0.6 is 11.6 Å². The predicted octanol–water partition coefficient (Wildman–Crippen LogP) is 4.25. The number of hydrogen-bond donors (Lipinski definition) is 0. The predicted molar refractivity (Wildman–Crippen MR) is 107 cm³/mol. The van der Waals surface area contributed by atoms with E-state index in [1.165, 1.54) is 0 Å². The molecule has 2 aromatic carbocycles. The Kier molecular flexibility index (Phi) is 4.90. The highest BCUT2D eigenvalue weighted by Crippen LogP contribution is 2.35. The number of methoxy groups -OCH3 is 1. The number of rotatable bonds is 4. The van der Waals surface area contributed by atoms with Gasteiger partial charge in [-0.3, -0.25) is 0 Å². The van der Waals surface area contributed by atoms with Gasteiger partial charge < -0.3 is 19.0 Å². The molecule has 0 fully saturated rings. The van der Waals surface area contributed by atoms with Gasteiger partial charge in [-0.25, -0.2) is 0 Å². The van der Waals surface area contributed by atoms with Crippen molar-refractivity contribution in [2.45, 2.75) is 13.0 Å². The number of halogens is 1. The van der Waals surface area contributed by atoms with Gasteiger partial charge in [0.2, 0.25) is 5.89 Å². The van der Waals surface area contributed by atoms with E-state index in [4.69, 9.17) is 20.8 Å². The van der Waals surface area contributed by atoms with Crippen LogP contribution in [-0.2, 0) is 6.54 Å². The van der Waals surface area contributed by atoms with Crippen LogP contribution in [0.4, 0.5) is 11.4 Å². The summed E-state index contributed by atoms with van der Waals surface area (Å²) in [5, 5.41) is 9.18. The molecule has 1 aromatic heterocycles. The number of para-hydroxylation sites is 1. The molecular weight excluding hydrogens is 364 g/mol. The fourth-order valence-corrected chi connectivity index (χ4v) is 3.55. The molecule has 4 rings (SSSR count). The van der Waals surface area contributed by atoms with Crippen LogP contribution in [0.15, 0.2) is 46.9 Å². The van der Waals surface area contributed by atoms with Crippen molar-refractivity contribution in [1.29, 1.82) is 0 Å². The summed E-state index contributed by atoms with van der Waals surface area (Å²) in [6.45, 7) is 2.41. The van der Waals surface area contributed by atoms with Crippen LogP contribution in [0.1, 0.15) is 12.3 Å². The minimum absolute atomic E-state index is 0.459. The van der Waals surface area contributed by atoms with E-state index in [0.717, 1.165) is 36.4 Å². The summed E-state index contributed by atoms with van der Waals surface area (Å²) in [5.41, 5.74) is 3.03. The molecule has 0 spiro atoms. The fourth-order valence-electron chi connectivity index (χ4n) is 3.39. The molecule has 6 nitrogen and oxygen atoms in total. The third-order valence-electron chi connectivity index (χ3n) is 4.74. The summed E-state index contributed by atoms with van der Waals surface area (Å²) in [6, 6.07) is 13.6. The molecule has 27 heavy (non-hydrogen) atoms. The lowest BCUT2D eigenvalue weighted by atomic mass is 10.2. The van der Waals surface area contributed by atoms with Crippen molar-refractivity contribution in [2.24, 2.45) is 0 Å². The average molecular weight is 385 g/mol. The first-order valence-electron chi connectivity index (χ1n) is 8.87. The van der Waals surface area contributed by atoms with Crippen LogP contribution < -0.4 is 14.5 Å². The first-order valence-corrected chi connectivity index (χ1v) is 9.25. The van der Waals surface area contributed by atoms with E-state index in [2.05, 4.69) is 33.1 Å². The molecule has 0 radical (unpaired) electrons. The maximum atomic E-state index is 6.25. The second-order valence-electron chi connectivity index (χ2n) is 6.53. The Morgan fingerprint density at radius 3 is 2.81 bits per heavy atom. The summed E-state index contributed by atoms with van der Waals surface area (Å²) in [6.07, 6.45) is 1.04. The summed E-state index contributed by atoms with van der Waals surface area (Å²) < 4.78 is 11.3. The first kappa shape index (κ1) is 17.7. The Bertz CT molecular complexity index is 943. The Morgan fingerprint density at radius 1 is 1.11 bits per heavy atom. The molecule has 0 unspecified atom stereocenters. The Morgan fingerprint density at radius 2 is 1.96 bits per heavy atom. The summed E-state index contributed by atoms with van der Waals surface area (Å²) in [4.78, 5) is 4.49. The number of fused-ring (bicyclic) bond motifs is 1. The second kappa shape index (κ2) is 7.48. The summed E-state index contributed by atoms with van der Waals surface area (Å²) >= 11 is 6.25. The van der Waals surface area contributed by atoms with E-state index >= 15 is 0 Å². The van der Waals surface area contributed by atoms with Gasteiger partial charge in [-0.05, 0) is 36.8 Å². The molecule has 1 aliphatic rings. The molecule has 0 atom stereocenters. The van der Waals surface area contributed by atoms with Crippen molar-refractivity contribution in [3.63, 3.8) is 0 Å². The van der Waals surface area contributed by atoms with Crippen molar-refractivity contribution < 1.29 is 9.15 Å². The van der Waals surface area contributed by atoms with Gasteiger partial charge in [0, 0.05) is 25.2 Å². The number of ether oxygens (including phenoxy) is 1. The van der Waals surface area contributed by atoms with Gasteiger partial charge in [-0.2, -0.15) is 0 Å². The van der Waals surface area contributed by atoms with Crippen LogP contribution in [-0.4, -0.2) is 37.4 Å². The summed E-state index contributed by atoms with van der Waals surface area (Å²) in [7, 11) is 3.73. The summed E-state index contributed by atoms with van der Waals surface area (Å²) in [5.74, 6) is 1.73. The molecule has 1 aliphatic heterocycles. The normalized spacial score (nSPS) is 14.0. The van der Waals surface area contributed by atoms with Gasteiger partial charge >= 0.3 is 0 Å². The van der Waals surface area contributed by atoms with Crippen molar-refractivity contribution in [2.75, 3.05) is 37.0 Å². The minimum atomic E-state index is 0.459. The third-order valence-corrected chi connectivity index (χ3v) is 4.98. The third kappa shape index (κ3) is 3.57. The van der Waals surface area contributed by atoms with E-state index < -0.39 is 0 Å². The van der Waals surface area contributed by atoms with Crippen LogP contribution in [0.5, 0.6) is 5.75 Å². The van der Waals surface area contributed by atoms with E-state index in [0.29, 0.717) is 29.1 Å². The van der Waals surface area contributed by atoms with E-state index in [-0.39, 0.29) is 0 Å². The second-order valence-corrected chi connectivity index (χ2v) is 6.97. The Hall–Kier alpha value is -2.73. The topological polar surface area (TPSA) is 54.6 Å². The van der Waals surface area contributed by atoms with Gasteiger partial charge in [-0.1, -0.05) is 23.7 Å². The monoisotopic (exact) mass is 384 g/mol. The lowest BCUT2D eigenvalue weighted by Crippen LogP contribution is -2.23. The highest BCUT2D eigenvalue weighted by molar-refractivity contribution is 6.31. The molecular formula is C20H21ClN4O2. The van der Waals surface area contributed by atoms with Crippen LogP contribution in [0.3, 0.4) is 0 Å². The average Bonchev–Trinajstić information content (AvgIpc) is 3.09. The molecule has 2 heterocycles. The maximum Gasteiger partial charge on any atom is 0.251 e. The molecule has 0 saturated heterocycles. The highest BCUT2D eigenvalue weighted by Gasteiger charge is 2.21. The number of benzene rings is 2. The van der Waals surface area contributed by atoms with E-state index in [1.54, 1.807) is 7.11 Å². The zero-order chi connectivity index (χ0) is 18.8. The molecule has 3 aromatic rings. The van der Waals surface area contributed by atoms with Gasteiger partial charge in [0.1, 0.15) is 5.75 Å². The molecule has 0 amide bonds. The van der Waals surface area contributed by atoms with Crippen molar-refractivity contribution in [3.05, 3.63) is 53.4 Å². The first-order chi connectivity index (χ1) is 13.2. The SMILES string of the molecule is COc1ccccc1-c1nnc(CN2CCCN(C)c3ccc(Cl)cc32)o1. The number of nitrogens with zero attached hydrogens (tertiary/aromatic N) is 4. The standard InChI is InChI=1S/C20H21ClN4O2/c1-24-10-5-11-25(17-12-14(21)8-9-16(17)24)13-19-22-23-20(27-19)15-6-3-4-7-18(15)26-2/h3-4,6-9,12H,5,10-11,13H2,1-2H3. The smallest absolute Gasteiger partial charge is 0.251 e. The van der Waals surface area contributed by atoms with Crippen molar-refractivity contribution >= 4 is 23.0 Å². The number of aromatic nitrogens is 2.